The standard InChI is InChI=1S/C19H23FN4O/c1-22-11-2-4-17(22)18-5-3-12-23(18)19(25)16-10-13-24(21-16)15-8-6-14(20)7-9-15/h6-10,13,17-18H,2-5,11-12H2,1H3/t17-,18+/m0/s1. The molecule has 2 aliphatic rings. The van der Waals surface area contributed by atoms with Gasteiger partial charge in [0, 0.05) is 24.8 Å². The van der Waals surface area contributed by atoms with Gasteiger partial charge in [0.15, 0.2) is 5.69 Å². The summed E-state index contributed by atoms with van der Waals surface area (Å²) in [6.07, 6.45) is 6.25. The van der Waals surface area contributed by atoms with Crippen molar-refractivity contribution < 1.29 is 9.18 Å². The molecule has 1 aromatic heterocycles. The van der Waals surface area contributed by atoms with Gasteiger partial charge in [0.2, 0.25) is 0 Å². The van der Waals surface area contributed by atoms with E-state index in [1.807, 2.05) is 4.90 Å². The van der Waals surface area contributed by atoms with Gasteiger partial charge in [-0.3, -0.25) is 4.79 Å². The summed E-state index contributed by atoms with van der Waals surface area (Å²) in [5, 5.41) is 4.42. The van der Waals surface area contributed by atoms with Gasteiger partial charge in [-0.15, -0.1) is 0 Å². The first kappa shape index (κ1) is 16.3. The molecule has 0 radical (unpaired) electrons. The molecule has 0 N–H and O–H groups in total. The molecule has 0 aliphatic carbocycles. The van der Waals surface area contributed by atoms with Crippen LogP contribution in [0.4, 0.5) is 4.39 Å². The van der Waals surface area contributed by atoms with Crippen molar-refractivity contribution in [1.82, 2.24) is 19.6 Å². The van der Waals surface area contributed by atoms with Crippen molar-refractivity contribution in [3.63, 3.8) is 0 Å². The van der Waals surface area contributed by atoms with E-state index < -0.39 is 0 Å². The highest BCUT2D eigenvalue weighted by Crippen LogP contribution is 2.30. The Bertz CT molecular complexity index is 757. The number of carbonyl (C=O) groups is 1. The molecule has 2 aliphatic heterocycles. The highest BCUT2D eigenvalue weighted by Gasteiger charge is 2.39. The van der Waals surface area contributed by atoms with E-state index in [0.29, 0.717) is 11.7 Å². The van der Waals surface area contributed by atoms with Gasteiger partial charge in [-0.2, -0.15) is 5.10 Å². The molecular weight excluding hydrogens is 319 g/mol. The lowest BCUT2D eigenvalue weighted by Gasteiger charge is -2.32. The Morgan fingerprint density at radius 2 is 1.80 bits per heavy atom. The van der Waals surface area contributed by atoms with Crippen molar-refractivity contribution in [3.8, 4) is 5.69 Å². The molecule has 25 heavy (non-hydrogen) atoms. The fourth-order valence-electron chi connectivity index (χ4n) is 4.19. The molecule has 132 valence electrons. The number of rotatable bonds is 3. The van der Waals surface area contributed by atoms with Gasteiger partial charge in [-0.1, -0.05) is 0 Å². The lowest BCUT2D eigenvalue weighted by Crippen LogP contribution is -2.47. The Hall–Kier alpha value is -2.21. The summed E-state index contributed by atoms with van der Waals surface area (Å²) in [6, 6.07) is 8.60. The maximum absolute atomic E-state index is 13.1. The summed E-state index contributed by atoms with van der Waals surface area (Å²) in [5.74, 6) is -0.281. The number of halogens is 1. The van der Waals surface area contributed by atoms with Gasteiger partial charge < -0.3 is 9.80 Å². The molecule has 2 aromatic rings. The Kier molecular flexibility index (Phi) is 4.29. The molecule has 0 saturated carbocycles. The SMILES string of the molecule is CN1CCC[C@H]1[C@H]1CCCN1C(=O)c1ccn(-c2ccc(F)cc2)n1. The maximum Gasteiger partial charge on any atom is 0.274 e. The molecule has 3 heterocycles. The van der Waals surface area contributed by atoms with Gasteiger partial charge >= 0.3 is 0 Å². The Labute approximate surface area is 147 Å². The van der Waals surface area contributed by atoms with Crippen molar-refractivity contribution in [2.45, 2.75) is 37.8 Å². The van der Waals surface area contributed by atoms with E-state index in [1.54, 1.807) is 29.1 Å². The largest absolute Gasteiger partial charge is 0.333 e. The molecule has 0 bridgehead atoms. The third kappa shape index (κ3) is 3.06. The minimum Gasteiger partial charge on any atom is -0.333 e. The molecular formula is C19H23FN4O. The van der Waals surface area contributed by atoms with Crippen molar-refractivity contribution in [2.24, 2.45) is 0 Å². The maximum atomic E-state index is 13.1. The highest BCUT2D eigenvalue weighted by molar-refractivity contribution is 5.92. The molecule has 2 fully saturated rings. The fourth-order valence-corrected chi connectivity index (χ4v) is 4.19. The molecule has 6 heteroatoms. The number of aromatic nitrogens is 2. The topological polar surface area (TPSA) is 41.4 Å². The van der Waals surface area contributed by atoms with Crippen LogP contribution < -0.4 is 0 Å². The van der Waals surface area contributed by atoms with Crippen LogP contribution in [0.1, 0.15) is 36.2 Å². The smallest absolute Gasteiger partial charge is 0.274 e. The van der Waals surface area contributed by atoms with E-state index >= 15 is 0 Å². The van der Waals surface area contributed by atoms with E-state index in [-0.39, 0.29) is 17.8 Å². The third-order valence-electron chi connectivity index (χ3n) is 5.48. The predicted octanol–water partition coefficient (Wildman–Crippen LogP) is 2.71. The number of benzene rings is 1. The second-order valence-corrected chi connectivity index (χ2v) is 7.02. The van der Waals surface area contributed by atoms with Crippen LogP contribution in [0.2, 0.25) is 0 Å². The van der Waals surface area contributed by atoms with Gasteiger partial charge in [0.05, 0.1) is 5.69 Å². The molecule has 0 unspecified atom stereocenters. The number of likely N-dealkylation sites (N-methyl/N-ethyl adjacent to an activating group) is 1. The molecule has 1 amide bonds. The van der Waals surface area contributed by atoms with Crippen molar-refractivity contribution >= 4 is 5.91 Å². The van der Waals surface area contributed by atoms with E-state index in [2.05, 4.69) is 17.0 Å². The zero-order chi connectivity index (χ0) is 17.4. The van der Waals surface area contributed by atoms with Crippen LogP contribution in [0, 0.1) is 5.82 Å². The van der Waals surface area contributed by atoms with Crippen LogP contribution in [0.25, 0.3) is 5.69 Å². The second-order valence-electron chi connectivity index (χ2n) is 7.02. The average Bonchev–Trinajstić information content (AvgIpc) is 3.35. The van der Waals surface area contributed by atoms with Crippen LogP contribution in [0.5, 0.6) is 0 Å². The molecule has 5 nitrogen and oxygen atoms in total. The first-order valence-corrected chi connectivity index (χ1v) is 8.96. The summed E-state index contributed by atoms with van der Waals surface area (Å²) in [7, 11) is 2.15. The zero-order valence-electron chi connectivity index (χ0n) is 14.4. The summed E-state index contributed by atoms with van der Waals surface area (Å²) in [4.78, 5) is 17.4. The molecule has 0 spiro atoms. The van der Waals surface area contributed by atoms with Crippen LogP contribution >= 0.6 is 0 Å². The Morgan fingerprint density at radius 3 is 2.52 bits per heavy atom. The predicted molar refractivity (Wildman–Crippen MR) is 93.2 cm³/mol. The molecule has 1 aromatic carbocycles. The van der Waals surface area contributed by atoms with Crippen molar-refractivity contribution in [3.05, 3.63) is 48.0 Å². The minimum absolute atomic E-state index is 0.00339. The molecule has 4 rings (SSSR count). The summed E-state index contributed by atoms with van der Waals surface area (Å²) in [5.41, 5.74) is 1.20. The van der Waals surface area contributed by atoms with Crippen LogP contribution in [-0.2, 0) is 0 Å². The van der Waals surface area contributed by atoms with Crippen LogP contribution in [-0.4, -0.2) is 57.7 Å². The number of carbonyl (C=O) groups excluding carboxylic acids is 1. The third-order valence-corrected chi connectivity index (χ3v) is 5.48. The quantitative estimate of drug-likeness (QED) is 0.861. The number of amides is 1. The van der Waals surface area contributed by atoms with Crippen LogP contribution in [0.3, 0.4) is 0 Å². The van der Waals surface area contributed by atoms with Gasteiger partial charge in [0.1, 0.15) is 5.82 Å². The molecule has 2 saturated heterocycles. The van der Waals surface area contributed by atoms with E-state index in [4.69, 9.17) is 0 Å². The first-order valence-electron chi connectivity index (χ1n) is 8.96. The van der Waals surface area contributed by atoms with Crippen molar-refractivity contribution in [2.75, 3.05) is 20.1 Å². The number of hydrogen-bond donors (Lipinski definition) is 0. The average molecular weight is 342 g/mol. The number of likely N-dealkylation sites (tertiary alicyclic amines) is 2. The lowest BCUT2D eigenvalue weighted by atomic mass is 10.0. The molecule has 2 atom stereocenters. The normalized spacial score (nSPS) is 24.2. The Morgan fingerprint density at radius 1 is 1.08 bits per heavy atom. The summed E-state index contributed by atoms with van der Waals surface area (Å²) >= 11 is 0. The fraction of sp³-hybridized carbons (Fsp3) is 0.474. The number of hydrogen-bond acceptors (Lipinski definition) is 3. The second kappa shape index (κ2) is 6.59. The minimum atomic E-state index is -0.284. The van der Waals surface area contributed by atoms with Gasteiger partial charge in [-0.25, -0.2) is 9.07 Å². The Balaban J connectivity index is 1.53. The zero-order valence-corrected chi connectivity index (χ0v) is 14.4. The van der Waals surface area contributed by atoms with E-state index in [9.17, 15) is 9.18 Å². The summed E-state index contributed by atoms with van der Waals surface area (Å²) in [6.45, 7) is 1.92. The number of nitrogens with zero attached hydrogens (tertiary/aromatic N) is 4. The first-order chi connectivity index (χ1) is 12.1. The van der Waals surface area contributed by atoms with E-state index in [0.717, 1.165) is 38.0 Å². The summed E-state index contributed by atoms with van der Waals surface area (Å²) < 4.78 is 14.7. The van der Waals surface area contributed by atoms with Crippen LogP contribution in [0.15, 0.2) is 36.5 Å². The lowest BCUT2D eigenvalue weighted by molar-refractivity contribution is 0.0658. The van der Waals surface area contributed by atoms with E-state index in [1.165, 1.54) is 18.6 Å². The highest BCUT2D eigenvalue weighted by atomic mass is 19.1. The van der Waals surface area contributed by atoms with Gasteiger partial charge in [0.25, 0.3) is 5.91 Å². The van der Waals surface area contributed by atoms with Gasteiger partial charge in [-0.05, 0) is 69.6 Å². The van der Waals surface area contributed by atoms with Crippen molar-refractivity contribution in [1.29, 1.82) is 0 Å². The monoisotopic (exact) mass is 342 g/mol.